The molecule has 0 saturated carbocycles. The summed E-state index contributed by atoms with van der Waals surface area (Å²) in [5.41, 5.74) is 1.76. The molecule has 0 saturated heterocycles. The molecule has 0 fully saturated rings. The molecule has 0 aliphatic heterocycles. The molecular weight excluding hydrogens is 291 g/mol. The van der Waals surface area contributed by atoms with Crippen LogP contribution in [-0.4, -0.2) is 15.8 Å². The number of halogens is 2. The molecular formula is C16H10ClFN2O. The highest BCUT2D eigenvalue weighted by Gasteiger charge is 2.16. The normalized spacial score (nSPS) is 10.8. The molecule has 0 spiro atoms. The van der Waals surface area contributed by atoms with Gasteiger partial charge in [-0.25, -0.2) is 4.39 Å². The first kappa shape index (κ1) is 13.6. The Morgan fingerprint density at radius 3 is 2.67 bits per heavy atom. The molecule has 0 aliphatic carbocycles. The molecule has 0 aliphatic rings. The second-order valence-electron chi connectivity index (χ2n) is 4.53. The van der Waals surface area contributed by atoms with Gasteiger partial charge in [0.15, 0.2) is 5.78 Å². The number of carbonyl (C=O) groups excluding carboxylic acids is 1. The lowest BCUT2D eigenvalue weighted by atomic mass is 10.0. The smallest absolute Gasteiger partial charge is 0.169 e. The molecule has 5 heteroatoms. The number of aromatic nitrogens is 2. The predicted molar refractivity (Wildman–Crippen MR) is 79.0 cm³/mol. The molecule has 0 atom stereocenters. The van der Waals surface area contributed by atoms with Crippen molar-refractivity contribution in [2.24, 2.45) is 0 Å². The first-order valence-electron chi connectivity index (χ1n) is 6.32. The van der Waals surface area contributed by atoms with Gasteiger partial charge in [-0.05, 0) is 24.3 Å². The van der Waals surface area contributed by atoms with Gasteiger partial charge in [0, 0.05) is 35.0 Å². The molecule has 0 unspecified atom stereocenters. The highest BCUT2D eigenvalue weighted by Crippen LogP contribution is 2.22. The second kappa shape index (κ2) is 5.58. The van der Waals surface area contributed by atoms with E-state index in [2.05, 4.69) is 9.97 Å². The van der Waals surface area contributed by atoms with Gasteiger partial charge in [0.05, 0.1) is 11.0 Å². The molecule has 0 amide bonds. The van der Waals surface area contributed by atoms with Gasteiger partial charge in [-0.1, -0.05) is 23.7 Å². The largest absolute Gasteiger partial charge is 0.294 e. The number of fused-ring (bicyclic) bond motifs is 1. The minimum Gasteiger partial charge on any atom is -0.294 e. The first-order valence-corrected chi connectivity index (χ1v) is 6.70. The molecule has 0 N–H and O–H groups in total. The number of Topliss-reactive ketones (excluding diaryl/α,β-unsaturated/α-hetero) is 1. The maximum absolute atomic E-state index is 13.8. The Morgan fingerprint density at radius 2 is 1.86 bits per heavy atom. The van der Waals surface area contributed by atoms with Gasteiger partial charge in [0.1, 0.15) is 5.82 Å². The van der Waals surface area contributed by atoms with E-state index < -0.39 is 5.82 Å². The van der Waals surface area contributed by atoms with Gasteiger partial charge in [0.2, 0.25) is 0 Å². The van der Waals surface area contributed by atoms with Crippen LogP contribution in [0.2, 0.25) is 5.02 Å². The molecule has 1 aromatic heterocycles. The van der Waals surface area contributed by atoms with Crippen LogP contribution in [0.5, 0.6) is 0 Å². The molecule has 0 bridgehead atoms. The Labute approximate surface area is 125 Å². The maximum Gasteiger partial charge on any atom is 0.169 e. The van der Waals surface area contributed by atoms with Crippen LogP contribution < -0.4 is 0 Å². The van der Waals surface area contributed by atoms with E-state index in [1.54, 1.807) is 30.5 Å². The van der Waals surface area contributed by atoms with Crippen LogP contribution >= 0.6 is 11.6 Å². The highest BCUT2D eigenvalue weighted by molar-refractivity contribution is 6.31. The lowest BCUT2D eigenvalue weighted by Crippen LogP contribution is -2.07. The number of nitrogens with zero attached hydrogens (tertiary/aromatic N) is 2. The Bertz CT molecular complexity index is 810. The molecule has 0 radical (unpaired) electrons. The summed E-state index contributed by atoms with van der Waals surface area (Å²) in [6.07, 6.45) is 2.97. The zero-order valence-corrected chi connectivity index (χ0v) is 11.6. The minimum atomic E-state index is -0.484. The van der Waals surface area contributed by atoms with E-state index >= 15 is 0 Å². The predicted octanol–water partition coefficient (Wildman–Crippen LogP) is 3.85. The SMILES string of the molecule is O=C(Cc1c(F)cccc1Cl)c1cccc2nccnc12. The standard InChI is InChI=1S/C16H10ClFN2O/c17-12-4-2-5-13(18)11(12)9-15(21)10-3-1-6-14-16(10)20-8-7-19-14/h1-8H,9H2. The summed E-state index contributed by atoms with van der Waals surface area (Å²) in [6.45, 7) is 0. The Hall–Kier alpha value is -2.33. The van der Waals surface area contributed by atoms with E-state index in [9.17, 15) is 9.18 Å². The fraction of sp³-hybridized carbons (Fsp3) is 0.0625. The van der Waals surface area contributed by atoms with Crippen LogP contribution in [0.4, 0.5) is 4.39 Å². The number of hydrogen-bond donors (Lipinski definition) is 0. The van der Waals surface area contributed by atoms with Crippen LogP contribution in [0, 0.1) is 5.82 Å². The maximum atomic E-state index is 13.8. The van der Waals surface area contributed by atoms with Crippen molar-refractivity contribution in [3.8, 4) is 0 Å². The van der Waals surface area contributed by atoms with Crippen LogP contribution in [0.3, 0.4) is 0 Å². The second-order valence-corrected chi connectivity index (χ2v) is 4.94. The zero-order chi connectivity index (χ0) is 14.8. The van der Waals surface area contributed by atoms with E-state index in [1.165, 1.54) is 18.3 Å². The number of benzene rings is 2. The Kier molecular flexibility index (Phi) is 3.62. The molecule has 3 rings (SSSR count). The first-order chi connectivity index (χ1) is 10.2. The van der Waals surface area contributed by atoms with Gasteiger partial charge >= 0.3 is 0 Å². The van der Waals surface area contributed by atoms with Gasteiger partial charge in [-0.15, -0.1) is 0 Å². The van der Waals surface area contributed by atoms with Crippen LogP contribution in [0.25, 0.3) is 11.0 Å². The van der Waals surface area contributed by atoms with Gasteiger partial charge < -0.3 is 0 Å². The topological polar surface area (TPSA) is 42.9 Å². The lowest BCUT2D eigenvalue weighted by molar-refractivity contribution is 0.0993. The van der Waals surface area contributed by atoms with Crippen LogP contribution in [0.15, 0.2) is 48.8 Å². The van der Waals surface area contributed by atoms with Crippen molar-refractivity contribution in [3.63, 3.8) is 0 Å². The summed E-state index contributed by atoms with van der Waals surface area (Å²) in [5, 5.41) is 0.245. The lowest BCUT2D eigenvalue weighted by Gasteiger charge is -2.07. The molecule has 2 aromatic carbocycles. The summed E-state index contributed by atoms with van der Waals surface area (Å²) in [7, 11) is 0. The van der Waals surface area contributed by atoms with Crippen molar-refractivity contribution in [1.82, 2.24) is 9.97 Å². The Morgan fingerprint density at radius 1 is 1.10 bits per heavy atom. The summed E-state index contributed by atoms with van der Waals surface area (Å²) in [4.78, 5) is 20.8. The van der Waals surface area contributed by atoms with E-state index in [4.69, 9.17) is 11.6 Å². The van der Waals surface area contributed by atoms with Crippen molar-refractivity contribution < 1.29 is 9.18 Å². The van der Waals surface area contributed by atoms with Crippen molar-refractivity contribution in [2.75, 3.05) is 0 Å². The van der Waals surface area contributed by atoms with Crippen molar-refractivity contribution >= 4 is 28.4 Å². The van der Waals surface area contributed by atoms with Gasteiger partial charge in [0.25, 0.3) is 0 Å². The summed E-state index contributed by atoms with van der Waals surface area (Å²) in [5.74, 6) is -0.727. The number of rotatable bonds is 3. The molecule has 21 heavy (non-hydrogen) atoms. The summed E-state index contributed by atoms with van der Waals surface area (Å²) in [6, 6.07) is 9.53. The van der Waals surface area contributed by atoms with E-state index in [1.807, 2.05) is 0 Å². The number of para-hydroxylation sites is 1. The van der Waals surface area contributed by atoms with E-state index in [-0.39, 0.29) is 22.8 Å². The van der Waals surface area contributed by atoms with Crippen molar-refractivity contribution in [3.05, 3.63) is 70.8 Å². The Balaban J connectivity index is 2.02. The quantitative estimate of drug-likeness (QED) is 0.690. The summed E-state index contributed by atoms with van der Waals surface area (Å²) < 4.78 is 13.8. The average Bonchev–Trinajstić information content (AvgIpc) is 2.50. The van der Waals surface area contributed by atoms with Crippen LogP contribution in [-0.2, 0) is 6.42 Å². The van der Waals surface area contributed by atoms with Crippen molar-refractivity contribution in [2.45, 2.75) is 6.42 Å². The number of carbonyl (C=O) groups is 1. The van der Waals surface area contributed by atoms with Crippen LogP contribution in [0.1, 0.15) is 15.9 Å². The average molecular weight is 301 g/mol. The third kappa shape index (κ3) is 2.62. The zero-order valence-electron chi connectivity index (χ0n) is 10.9. The highest BCUT2D eigenvalue weighted by atomic mass is 35.5. The van der Waals surface area contributed by atoms with E-state index in [0.29, 0.717) is 16.6 Å². The number of ketones is 1. The summed E-state index contributed by atoms with van der Waals surface area (Å²) >= 11 is 5.96. The van der Waals surface area contributed by atoms with Gasteiger partial charge in [-0.2, -0.15) is 0 Å². The molecule has 104 valence electrons. The molecule has 3 aromatic rings. The minimum absolute atomic E-state index is 0.110. The third-order valence-electron chi connectivity index (χ3n) is 3.20. The molecule has 3 nitrogen and oxygen atoms in total. The van der Waals surface area contributed by atoms with Crippen molar-refractivity contribution in [1.29, 1.82) is 0 Å². The fourth-order valence-corrected chi connectivity index (χ4v) is 2.40. The number of hydrogen-bond acceptors (Lipinski definition) is 3. The van der Waals surface area contributed by atoms with Gasteiger partial charge in [-0.3, -0.25) is 14.8 Å². The molecule has 1 heterocycles. The van der Waals surface area contributed by atoms with E-state index in [0.717, 1.165) is 0 Å². The monoisotopic (exact) mass is 300 g/mol. The fourth-order valence-electron chi connectivity index (χ4n) is 2.17. The third-order valence-corrected chi connectivity index (χ3v) is 3.55.